The molecule has 5 nitrogen and oxygen atoms in total. The number of hydrogen-bond acceptors (Lipinski definition) is 6. The van der Waals surface area contributed by atoms with Crippen LogP contribution in [-0.2, 0) is 11.3 Å². The molecule has 0 bridgehead atoms. The predicted molar refractivity (Wildman–Crippen MR) is 101 cm³/mol. The second kappa shape index (κ2) is 7.00. The summed E-state index contributed by atoms with van der Waals surface area (Å²) < 4.78 is 1.65. The first-order valence-corrected chi connectivity index (χ1v) is 9.94. The third kappa shape index (κ3) is 3.66. The van der Waals surface area contributed by atoms with Crippen LogP contribution in [0, 0.1) is 20.8 Å². The van der Waals surface area contributed by atoms with Crippen LogP contribution in [0.3, 0.4) is 0 Å². The highest BCUT2D eigenvalue weighted by Crippen LogP contribution is 2.30. The van der Waals surface area contributed by atoms with Crippen molar-refractivity contribution in [3.63, 3.8) is 0 Å². The van der Waals surface area contributed by atoms with Gasteiger partial charge in [-0.15, -0.1) is 22.7 Å². The molecule has 0 aliphatic carbocycles. The molecular formula is C16H17N3O2S3. The second-order valence-electron chi connectivity index (χ2n) is 5.41. The zero-order valence-corrected chi connectivity index (χ0v) is 16.0. The monoisotopic (exact) mass is 379 g/mol. The molecule has 0 aliphatic rings. The van der Waals surface area contributed by atoms with E-state index in [1.807, 2.05) is 25.3 Å². The molecule has 0 atom stereocenters. The van der Waals surface area contributed by atoms with E-state index in [4.69, 9.17) is 0 Å². The largest absolute Gasteiger partial charge is 0.307 e. The minimum absolute atomic E-state index is 0.0117. The summed E-state index contributed by atoms with van der Waals surface area (Å²) in [4.78, 5) is 31.7. The molecule has 0 aromatic carbocycles. The lowest BCUT2D eigenvalue weighted by molar-refractivity contribution is -0.116. The third-order valence-corrected chi connectivity index (χ3v) is 6.46. The first-order chi connectivity index (χ1) is 11.4. The average molecular weight is 380 g/mol. The highest BCUT2D eigenvalue weighted by molar-refractivity contribution is 7.17. The van der Waals surface area contributed by atoms with Crippen LogP contribution in [-0.4, -0.2) is 15.5 Å². The molecular weight excluding hydrogens is 362 g/mol. The lowest BCUT2D eigenvalue weighted by Gasteiger charge is -2.05. The van der Waals surface area contributed by atoms with Crippen LogP contribution in [0.4, 0.5) is 5.13 Å². The molecule has 0 radical (unpaired) electrons. The summed E-state index contributed by atoms with van der Waals surface area (Å²) >= 11 is 4.31. The smallest absolute Gasteiger partial charge is 0.303 e. The van der Waals surface area contributed by atoms with Crippen LogP contribution in [0.25, 0.3) is 10.6 Å². The maximum atomic E-state index is 12.1. The van der Waals surface area contributed by atoms with Gasteiger partial charge in [-0.25, -0.2) is 4.98 Å². The molecule has 1 N–H and O–H groups in total. The second-order valence-corrected chi connectivity index (χ2v) is 8.72. The van der Waals surface area contributed by atoms with E-state index in [0.717, 1.165) is 21.1 Å². The third-order valence-electron chi connectivity index (χ3n) is 3.68. The molecule has 0 saturated heterocycles. The van der Waals surface area contributed by atoms with Crippen LogP contribution < -0.4 is 10.2 Å². The van der Waals surface area contributed by atoms with Crippen LogP contribution in [0.5, 0.6) is 0 Å². The summed E-state index contributed by atoms with van der Waals surface area (Å²) in [5, 5.41) is 5.35. The van der Waals surface area contributed by atoms with Crippen molar-refractivity contribution in [3.8, 4) is 10.6 Å². The molecule has 0 saturated carbocycles. The van der Waals surface area contributed by atoms with E-state index >= 15 is 0 Å². The van der Waals surface area contributed by atoms with Gasteiger partial charge in [-0.05, 0) is 32.9 Å². The number of nitrogens with one attached hydrogen (secondary N) is 1. The number of aromatic nitrogens is 2. The molecule has 3 aromatic heterocycles. The van der Waals surface area contributed by atoms with Gasteiger partial charge in [-0.1, -0.05) is 11.3 Å². The van der Waals surface area contributed by atoms with Gasteiger partial charge in [0, 0.05) is 33.8 Å². The Labute approximate surface area is 151 Å². The summed E-state index contributed by atoms with van der Waals surface area (Å²) in [6.45, 7) is 6.27. The summed E-state index contributed by atoms with van der Waals surface area (Å²) in [5.74, 6) is -0.131. The number of amides is 1. The van der Waals surface area contributed by atoms with Gasteiger partial charge in [0.1, 0.15) is 0 Å². The molecule has 0 unspecified atom stereocenters. The Bertz CT molecular complexity index is 933. The zero-order chi connectivity index (χ0) is 17.3. The zero-order valence-electron chi connectivity index (χ0n) is 13.6. The molecule has 8 heteroatoms. The number of anilines is 1. The lowest BCUT2D eigenvalue weighted by atomic mass is 10.3. The number of carbonyl (C=O) groups excluding carboxylic acids is 1. The van der Waals surface area contributed by atoms with Crippen molar-refractivity contribution in [1.29, 1.82) is 0 Å². The molecule has 0 fully saturated rings. The fraction of sp³-hybridized carbons (Fsp3) is 0.312. The molecule has 3 heterocycles. The molecule has 3 aromatic rings. The number of thiophene rings is 1. The number of rotatable bonds is 5. The molecule has 3 rings (SSSR count). The van der Waals surface area contributed by atoms with Gasteiger partial charge in [0.2, 0.25) is 5.91 Å². The van der Waals surface area contributed by atoms with Crippen molar-refractivity contribution in [2.24, 2.45) is 0 Å². The first-order valence-electron chi connectivity index (χ1n) is 7.43. The number of carbonyl (C=O) groups is 1. The fourth-order valence-corrected chi connectivity index (χ4v) is 4.75. The number of nitrogens with zero attached hydrogens (tertiary/aromatic N) is 2. The molecule has 1 amide bonds. The average Bonchev–Trinajstić information content (AvgIpc) is 3.20. The summed E-state index contributed by atoms with van der Waals surface area (Å²) in [6.07, 6.45) is 0.254. The SMILES string of the molecule is Cc1ccc(-c2csc(NC(=O)CCn3c(C)c(C)sc3=O)n2)s1. The molecule has 24 heavy (non-hydrogen) atoms. The van der Waals surface area contributed by atoms with E-state index in [0.29, 0.717) is 11.7 Å². The molecule has 126 valence electrons. The summed E-state index contributed by atoms with van der Waals surface area (Å²) in [7, 11) is 0. The van der Waals surface area contributed by atoms with E-state index in [1.165, 1.54) is 27.6 Å². The Morgan fingerprint density at radius 3 is 2.67 bits per heavy atom. The lowest BCUT2D eigenvalue weighted by Crippen LogP contribution is -2.20. The number of thiazole rings is 2. The van der Waals surface area contributed by atoms with Gasteiger partial charge in [-0.3, -0.25) is 9.59 Å². The summed E-state index contributed by atoms with van der Waals surface area (Å²) in [6, 6.07) is 4.09. The van der Waals surface area contributed by atoms with E-state index in [1.54, 1.807) is 15.9 Å². The molecule has 0 aliphatic heterocycles. The number of hydrogen-bond donors (Lipinski definition) is 1. The standard InChI is InChI=1S/C16H17N3O2S3/c1-9-4-5-13(23-9)12-8-22-15(17-12)18-14(20)6-7-19-10(2)11(3)24-16(19)21/h4-5,8H,6-7H2,1-3H3,(H,17,18,20). The van der Waals surface area contributed by atoms with Crippen molar-refractivity contribution in [1.82, 2.24) is 9.55 Å². The number of aryl methyl sites for hydroxylation is 2. The minimum atomic E-state index is -0.131. The maximum Gasteiger partial charge on any atom is 0.307 e. The quantitative estimate of drug-likeness (QED) is 0.727. The van der Waals surface area contributed by atoms with Crippen LogP contribution >= 0.6 is 34.0 Å². The van der Waals surface area contributed by atoms with E-state index < -0.39 is 0 Å². The normalized spacial score (nSPS) is 11.0. The van der Waals surface area contributed by atoms with Crippen molar-refractivity contribution in [3.05, 3.63) is 42.6 Å². The van der Waals surface area contributed by atoms with Gasteiger partial charge in [0.05, 0.1) is 10.6 Å². The van der Waals surface area contributed by atoms with Crippen molar-refractivity contribution >= 4 is 45.0 Å². The Balaban J connectivity index is 1.61. The van der Waals surface area contributed by atoms with Crippen molar-refractivity contribution < 1.29 is 4.79 Å². The van der Waals surface area contributed by atoms with Crippen molar-refractivity contribution in [2.45, 2.75) is 33.7 Å². The highest BCUT2D eigenvalue weighted by Gasteiger charge is 2.12. The first kappa shape index (κ1) is 17.1. The van der Waals surface area contributed by atoms with Crippen LogP contribution in [0.2, 0.25) is 0 Å². The van der Waals surface area contributed by atoms with E-state index in [-0.39, 0.29) is 17.2 Å². The van der Waals surface area contributed by atoms with E-state index in [2.05, 4.69) is 23.3 Å². The Morgan fingerprint density at radius 1 is 1.25 bits per heavy atom. The van der Waals surface area contributed by atoms with E-state index in [9.17, 15) is 9.59 Å². The Hall–Kier alpha value is -1.77. The van der Waals surface area contributed by atoms with Crippen LogP contribution in [0.1, 0.15) is 21.9 Å². The van der Waals surface area contributed by atoms with Gasteiger partial charge in [0.25, 0.3) is 0 Å². The summed E-state index contributed by atoms with van der Waals surface area (Å²) in [5.41, 5.74) is 1.82. The molecule has 0 spiro atoms. The Morgan fingerprint density at radius 2 is 2.04 bits per heavy atom. The van der Waals surface area contributed by atoms with Crippen molar-refractivity contribution in [2.75, 3.05) is 5.32 Å². The van der Waals surface area contributed by atoms with Crippen LogP contribution in [0.15, 0.2) is 22.3 Å². The highest BCUT2D eigenvalue weighted by atomic mass is 32.1. The predicted octanol–water partition coefficient (Wildman–Crippen LogP) is 4.05. The van der Waals surface area contributed by atoms with Gasteiger partial charge in [0.15, 0.2) is 5.13 Å². The van der Waals surface area contributed by atoms with Gasteiger partial charge in [-0.2, -0.15) is 0 Å². The minimum Gasteiger partial charge on any atom is -0.303 e. The van der Waals surface area contributed by atoms with Gasteiger partial charge < -0.3 is 9.88 Å². The fourth-order valence-electron chi connectivity index (χ4n) is 2.26. The Kier molecular flexibility index (Phi) is 4.98. The van der Waals surface area contributed by atoms with Gasteiger partial charge >= 0.3 is 4.87 Å². The maximum absolute atomic E-state index is 12.1. The topological polar surface area (TPSA) is 64.0 Å².